The Morgan fingerprint density at radius 2 is 2.00 bits per heavy atom. The third-order valence-electron chi connectivity index (χ3n) is 1.62. The van der Waals surface area contributed by atoms with Crippen molar-refractivity contribution in [1.82, 2.24) is 4.90 Å². The summed E-state index contributed by atoms with van der Waals surface area (Å²) in [7, 11) is 0. The van der Waals surface area contributed by atoms with Gasteiger partial charge < -0.3 is 5.73 Å². The lowest BCUT2D eigenvalue weighted by Crippen LogP contribution is -2.44. The highest BCUT2D eigenvalue weighted by molar-refractivity contribution is 7.99. The highest BCUT2D eigenvalue weighted by Gasteiger charge is 2.12. The lowest BCUT2D eigenvalue weighted by Gasteiger charge is -2.29. The molecule has 1 unspecified atom stereocenters. The Morgan fingerprint density at radius 3 is 2.33 bits per heavy atom. The minimum Gasteiger partial charge on any atom is -0.316 e. The molecule has 1 atom stereocenters. The van der Waals surface area contributed by atoms with Crippen LogP contribution in [0.25, 0.3) is 0 Å². The number of thioether (sulfide) groups is 1. The van der Waals surface area contributed by atoms with Crippen LogP contribution in [-0.2, 0) is 0 Å². The van der Waals surface area contributed by atoms with Gasteiger partial charge in [0, 0.05) is 24.6 Å². The Bertz CT molecular complexity index is 79.1. The molecule has 1 saturated heterocycles. The molecule has 54 valence electrons. The summed E-state index contributed by atoms with van der Waals surface area (Å²) in [4.78, 5) is 2.32. The van der Waals surface area contributed by atoms with Crippen molar-refractivity contribution in [2.75, 3.05) is 24.6 Å². The van der Waals surface area contributed by atoms with Gasteiger partial charge in [0.05, 0.1) is 6.17 Å². The van der Waals surface area contributed by atoms with Crippen molar-refractivity contribution >= 4 is 11.8 Å². The topological polar surface area (TPSA) is 29.3 Å². The van der Waals surface area contributed by atoms with Gasteiger partial charge in [-0.3, -0.25) is 4.90 Å². The van der Waals surface area contributed by atoms with E-state index in [2.05, 4.69) is 11.8 Å². The molecular weight excluding hydrogens is 132 g/mol. The minimum absolute atomic E-state index is 0.255. The van der Waals surface area contributed by atoms with E-state index in [1.165, 1.54) is 24.6 Å². The molecular formula is C6H14N2S. The predicted octanol–water partition coefficient (Wildman–Crippen LogP) is 0.340. The molecule has 3 heteroatoms. The molecule has 0 radical (unpaired) electrons. The largest absolute Gasteiger partial charge is 0.316 e. The average molecular weight is 146 g/mol. The van der Waals surface area contributed by atoms with Gasteiger partial charge in [0.25, 0.3) is 0 Å². The fourth-order valence-corrected chi connectivity index (χ4v) is 1.92. The first-order valence-electron chi connectivity index (χ1n) is 3.38. The molecule has 0 spiro atoms. The van der Waals surface area contributed by atoms with E-state index >= 15 is 0 Å². The van der Waals surface area contributed by atoms with Crippen LogP contribution in [0.5, 0.6) is 0 Å². The molecule has 9 heavy (non-hydrogen) atoms. The van der Waals surface area contributed by atoms with E-state index in [4.69, 9.17) is 5.73 Å². The zero-order valence-corrected chi connectivity index (χ0v) is 6.66. The average Bonchev–Trinajstić information content (AvgIpc) is 1.90. The van der Waals surface area contributed by atoms with Gasteiger partial charge in [0.1, 0.15) is 0 Å². The van der Waals surface area contributed by atoms with E-state index in [0.29, 0.717) is 0 Å². The fraction of sp³-hybridized carbons (Fsp3) is 1.00. The molecule has 0 aromatic carbocycles. The van der Waals surface area contributed by atoms with Crippen LogP contribution in [0.15, 0.2) is 0 Å². The number of hydrogen-bond acceptors (Lipinski definition) is 3. The zero-order chi connectivity index (χ0) is 6.69. The molecule has 2 nitrogen and oxygen atoms in total. The highest BCUT2D eigenvalue weighted by atomic mass is 32.2. The smallest absolute Gasteiger partial charge is 0.0543 e. The second kappa shape index (κ2) is 3.44. The highest BCUT2D eigenvalue weighted by Crippen LogP contribution is 2.09. The normalized spacial score (nSPS) is 26.0. The maximum atomic E-state index is 5.68. The summed E-state index contributed by atoms with van der Waals surface area (Å²) in [6.45, 7) is 4.39. The fourth-order valence-electron chi connectivity index (χ4n) is 0.985. The summed E-state index contributed by atoms with van der Waals surface area (Å²) in [5, 5.41) is 0. The minimum atomic E-state index is 0.255. The maximum Gasteiger partial charge on any atom is 0.0543 e. The van der Waals surface area contributed by atoms with Crippen LogP contribution in [-0.4, -0.2) is 35.7 Å². The van der Waals surface area contributed by atoms with Gasteiger partial charge in [-0.15, -0.1) is 0 Å². The third-order valence-corrected chi connectivity index (χ3v) is 2.56. The molecule has 1 fully saturated rings. The van der Waals surface area contributed by atoms with E-state index in [9.17, 15) is 0 Å². The second-order valence-corrected chi connectivity index (χ2v) is 3.61. The van der Waals surface area contributed by atoms with Crippen molar-refractivity contribution in [3.8, 4) is 0 Å². The van der Waals surface area contributed by atoms with Gasteiger partial charge in [0.15, 0.2) is 0 Å². The molecule has 0 aromatic rings. The first-order valence-corrected chi connectivity index (χ1v) is 4.53. The van der Waals surface area contributed by atoms with Gasteiger partial charge in [-0.1, -0.05) is 0 Å². The van der Waals surface area contributed by atoms with Crippen molar-refractivity contribution in [1.29, 1.82) is 0 Å². The predicted molar refractivity (Wildman–Crippen MR) is 42.5 cm³/mol. The molecule has 1 rings (SSSR count). The van der Waals surface area contributed by atoms with Crippen LogP contribution in [0, 0.1) is 0 Å². The van der Waals surface area contributed by atoms with Gasteiger partial charge >= 0.3 is 0 Å². The molecule has 0 amide bonds. The third kappa shape index (κ3) is 2.16. The summed E-state index contributed by atoms with van der Waals surface area (Å²) in [6, 6.07) is 0. The maximum absolute atomic E-state index is 5.68. The SMILES string of the molecule is CC(N)N1CCSCC1. The number of rotatable bonds is 1. The summed E-state index contributed by atoms with van der Waals surface area (Å²) in [5.41, 5.74) is 5.68. The van der Waals surface area contributed by atoms with E-state index in [1.807, 2.05) is 11.8 Å². The quantitative estimate of drug-likeness (QED) is 0.578. The van der Waals surface area contributed by atoms with E-state index in [0.717, 1.165) is 0 Å². The number of nitrogens with two attached hydrogens (primary N) is 1. The zero-order valence-electron chi connectivity index (χ0n) is 5.84. The first-order chi connectivity index (χ1) is 4.30. The second-order valence-electron chi connectivity index (χ2n) is 2.39. The summed E-state index contributed by atoms with van der Waals surface area (Å²) < 4.78 is 0. The van der Waals surface area contributed by atoms with Crippen LogP contribution in [0.3, 0.4) is 0 Å². The van der Waals surface area contributed by atoms with Crippen molar-refractivity contribution in [2.45, 2.75) is 13.1 Å². The van der Waals surface area contributed by atoms with Gasteiger partial charge in [-0.05, 0) is 6.92 Å². The summed E-state index contributed by atoms with van der Waals surface area (Å²) >= 11 is 2.02. The number of hydrogen-bond donors (Lipinski definition) is 1. The van der Waals surface area contributed by atoms with Crippen molar-refractivity contribution in [3.05, 3.63) is 0 Å². The lowest BCUT2D eigenvalue weighted by molar-refractivity contribution is 0.236. The molecule has 1 aliphatic rings. The Kier molecular flexibility index (Phi) is 2.82. The Morgan fingerprint density at radius 1 is 1.44 bits per heavy atom. The lowest BCUT2D eigenvalue weighted by atomic mass is 10.4. The molecule has 1 heterocycles. The van der Waals surface area contributed by atoms with Crippen LogP contribution in [0.4, 0.5) is 0 Å². The molecule has 0 bridgehead atoms. The monoisotopic (exact) mass is 146 g/mol. The Balaban J connectivity index is 2.23. The van der Waals surface area contributed by atoms with Crippen LogP contribution >= 0.6 is 11.8 Å². The molecule has 2 N–H and O–H groups in total. The first kappa shape index (κ1) is 7.38. The van der Waals surface area contributed by atoms with E-state index < -0.39 is 0 Å². The van der Waals surface area contributed by atoms with E-state index in [1.54, 1.807) is 0 Å². The van der Waals surface area contributed by atoms with Gasteiger partial charge in [-0.2, -0.15) is 11.8 Å². The van der Waals surface area contributed by atoms with Crippen molar-refractivity contribution in [2.24, 2.45) is 5.73 Å². The molecule has 0 aromatic heterocycles. The van der Waals surface area contributed by atoms with Crippen molar-refractivity contribution in [3.63, 3.8) is 0 Å². The van der Waals surface area contributed by atoms with Crippen molar-refractivity contribution < 1.29 is 0 Å². The molecule has 1 aliphatic heterocycles. The summed E-state index contributed by atoms with van der Waals surface area (Å²) in [6.07, 6.45) is 0.255. The van der Waals surface area contributed by atoms with Crippen LogP contribution < -0.4 is 5.73 Å². The van der Waals surface area contributed by atoms with Crippen LogP contribution in [0.2, 0.25) is 0 Å². The van der Waals surface area contributed by atoms with Gasteiger partial charge in [-0.25, -0.2) is 0 Å². The summed E-state index contributed by atoms with van der Waals surface area (Å²) in [5.74, 6) is 2.50. The van der Waals surface area contributed by atoms with Crippen LogP contribution in [0.1, 0.15) is 6.92 Å². The molecule has 0 aliphatic carbocycles. The Hall–Kier alpha value is 0.270. The van der Waals surface area contributed by atoms with E-state index in [-0.39, 0.29) is 6.17 Å². The molecule has 0 saturated carbocycles. The standard InChI is InChI=1S/C6H14N2S/c1-6(7)8-2-4-9-5-3-8/h6H,2-5,7H2,1H3. The number of nitrogens with zero attached hydrogens (tertiary/aromatic N) is 1. The Labute approximate surface area is 60.8 Å². The van der Waals surface area contributed by atoms with Gasteiger partial charge in [0.2, 0.25) is 0 Å².